The van der Waals surface area contributed by atoms with Gasteiger partial charge in [-0.2, -0.15) is 4.58 Å². The smallest absolute Gasteiger partial charge is 0.240 e. The second-order valence-corrected chi connectivity index (χ2v) is 16.7. The molecular formula is C35H46N6O7S2. The third-order valence-electron chi connectivity index (χ3n) is 9.09. The fraction of sp³-hybridized carbons (Fsp3) is 0.400. The zero-order valence-corrected chi connectivity index (χ0v) is 30.9. The van der Waals surface area contributed by atoms with Crippen molar-refractivity contribution in [1.29, 1.82) is 0 Å². The van der Waals surface area contributed by atoms with E-state index in [9.17, 15) is 31.5 Å². The summed E-state index contributed by atoms with van der Waals surface area (Å²) in [7, 11) is -3.67. The SMILES string of the molecule is CN1\C(=C/C=C/C=C/C2=[N+](C)c3ccc(S(=O)(=O)NCCN)cc3C2(C)C)C(C)(C)c2cc(S(=O)(=O)NCCNC(=O)CCC(=O)[O-])ccc21. The number of anilines is 1. The summed E-state index contributed by atoms with van der Waals surface area (Å²) in [5, 5.41) is 13.0. The molecule has 0 aromatic heterocycles. The van der Waals surface area contributed by atoms with E-state index in [1.54, 1.807) is 24.3 Å². The first kappa shape index (κ1) is 38.6. The molecule has 0 saturated heterocycles. The molecule has 15 heteroatoms. The molecule has 2 aliphatic heterocycles. The van der Waals surface area contributed by atoms with Crippen LogP contribution in [0.5, 0.6) is 0 Å². The molecule has 0 spiro atoms. The summed E-state index contributed by atoms with van der Waals surface area (Å²) in [6.07, 6.45) is 9.15. The number of nitrogens with one attached hydrogen (secondary N) is 3. The monoisotopic (exact) mass is 726 g/mol. The number of carboxylic acids is 1. The molecule has 2 heterocycles. The number of sulfonamides is 2. The van der Waals surface area contributed by atoms with Crippen molar-refractivity contribution in [2.45, 2.75) is 61.2 Å². The fourth-order valence-corrected chi connectivity index (χ4v) is 8.50. The van der Waals surface area contributed by atoms with E-state index >= 15 is 0 Å². The van der Waals surface area contributed by atoms with Gasteiger partial charge in [0.15, 0.2) is 5.71 Å². The van der Waals surface area contributed by atoms with E-state index in [0.29, 0.717) is 0 Å². The van der Waals surface area contributed by atoms with E-state index in [2.05, 4.69) is 33.2 Å². The third-order valence-corrected chi connectivity index (χ3v) is 12.0. The first-order valence-corrected chi connectivity index (χ1v) is 19.2. The molecule has 270 valence electrons. The molecule has 4 rings (SSSR count). The van der Waals surface area contributed by atoms with Crippen LogP contribution in [0, 0.1) is 0 Å². The molecule has 0 unspecified atom stereocenters. The largest absolute Gasteiger partial charge is 0.550 e. The minimum absolute atomic E-state index is 0.0104. The second kappa shape index (κ2) is 15.0. The Morgan fingerprint density at radius 2 is 1.48 bits per heavy atom. The van der Waals surface area contributed by atoms with E-state index in [1.807, 2.05) is 69.3 Å². The van der Waals surface area contributed by atoms with Crippen molar-refractivity contribution in [3.8, 4) is 0 Å². The number of nitrogens with two attached hydrogens (primary N) is 1. The molecule has 0 aliphatic carbocycles. The summed E-state index contributed by atoms with van der Waals surface area (Å²) < 4.78 is 58.7. The summed E-state index contributed by atoms with van der Waals surface area (Å²) in [6.45, 7) is 8.49. The summed E-state index contributed by atoms with van der Waals surface area (Å²) in [6, 6.07) is 10.1. The highest BCUT2D eigenvalue weighted by Gasteiger charge is 2.43. The molecule has 1 amide bonds. The van der Waals surface area contributed by atoms with Crippen molar-refractivity contribution < 1.29 is 36.1 Å². The Balaban J connectivity index is 1.45. The zero-order chi connectivity index (χ0) is 37.1. The van der Waals surface area contributed by atoms with Crippen LogP contribution in [-0.4, -0.2) is 79.3 Å². The number of hydrogen-bond acceptors (Lipinski definition) is 9. The van der Waals surface area contributed by atoms with Gasteiger partial charge in [0.1, 0.15) is 7.05 Å². The van der Waals surface area contributed by atoms with Crippen molar-refractivity contribution >= 4 is 49.0 Å². The van der Waals surface area contributed by atoms with E-state index in [1.165, 1.54) is 6.07 Å². The van der Waals surface area contributed by atoms with E-state index in [-0.39, 0.29) is 42.4 Å². The number of nitrogens with zero attached hydrogens (tertiary/aromatic N) is 2. The van der Waals surface area contributed by atoms with Crippen LogP contribution in [0.3, 0.4) is 0 Å². The predicted octanol–water partition coefficient (Wildman–Crippen LogP) is 1.28. The van der Waals surface area contributed by atoms with Crippen LogP contribution in [0.25, 0.3) is 0 Å². The average Bonchev–Trinajstić information content (AvgIpc) is 3.37. The number of rotatable bonds is 15. The molecular weight excluding hydrogens is 681 g/mol. The topological polar surface area (TPSA) is 194 Å². The lowest BCUT2D eigenvalue weighted by Crippen LogP contribution is -2.35. The third kappa shape index (κ3) is 8.08. The maximum Gasteiger partial charge on any atom is 0.240 e. The Hall–Kier alpha value is -4.15. The van der Waals surface area contributed by atoms with Gasteiger partial charge < -0.3 is 25.9 Å². The van der Waals surface area contributed by atoms with E-state index < -0.39 is 49.2 Å². The van der Waals surface area contributed by atoms with Crippen LogP contribution in [-0.2, 0) is 40.5 Å². The van der Waals surface area contributed by atoms with Crippen LogP contribution in [0.1, 0.15) is 51.7 Å². The highest BCUT2D eigenvalue weighted by Crippen LogP contribution is 2.47. The lowest BCUT2D eigenvalue weighted by Gasteiger charge is -2.23. The maximum atomic E-state index is 13.1. The van der Waals surface area contributed by atoms with Crippen LogP contribution in [0.4, 0.5) is 11.4 Å². The Morgan fingerprint density at radius 3 is 2.12 bits per heavy atom. The van der Waals surface area contributed by atoms with Gasteiger partial charge in [-0.25, -0.2) is 26.3 Å². The summed E-state index contributed by atoms with van der Waals surface area (Å²) >= 11 is 0. The number of carboxylic acid groups (broad SMARTS) is 1. The number of carbonyl (C=O) groups is 2. The van der Waals surface area contributed by atoms with Crippen LogP contribution >= 0.6 is 0 Å². The van der Waals surface area contributed by atoms with E-state index in [0.717, 1.165) is 33.9 Å². The lowest BCUT2D eigenvalue weighted by atomic mass is 9.81. The van der Waals surface area contributed by atoms with E-state index in [4.69, 9.17) is 5.73 Å². The van der Waals surface area contributed by atoms with Gasteiger partial charge in [-0.15, -0.1) is 0 Å². The number of likely N-dealkylation sites (N-methyl/N-ethyl adjacent to an activating group) is 1. The number of aliphatic carboxylic acids is 1. The average molecular weight is 727 g/mol. The lowest BCUT2D eigenvalue weighted by molar-refractivity contribution is -0.401. The maximum absolute atomic E-state index is 13.1. The van der Waals surface area contributed by atoms with Crippen LogP contribution in [0.15, 0.2) is 82.3 Å². The molecule has 2 aromatic rings. The minimum Gasteiger partial charge on any atom is -0.550 e. The van der Waals surface area contributed by atoms with Crippen molar-refractivity contribution in [3.05, 3.63) is 83.6 Å². The molecule has 0 saturated carbocycles. The Morgan fingerprint density at radius 1 is 0.860 bits per heavy atom. The quantitative estimate of drug-likeness (QED) is 0.119. The summed E-state index contributed by atoms with van der Waals surface area (Å²) in [5.74, 6) is -1.83. The predicted molar refractivity (Wildman–Crippen MR) is 191 cm³/mol. The highest BCUT2D eigenvalue weighted by atomic mass is 32.2. The molecule has 2 aliphatic rings. The number of carbonyl (C=O) groups excluding carboxylic acids is 2. The highest BCUT2D eigenvalue weighted by molar-refractivity contribution is 7.89. The number of allylic oxidation sites excluding steroid dienone is 6. The Labute approximate surface area is 294 Å². The van der Waals surface area contributed by atoms with Gasteiger partial charge in [0.25, 0.3) is 0 Å². The van der Waals surface area contributed by atoms with Gasteiger partial charge in [-0.1, -0.05) is 32.1 Å². The summed E-state index contributed by atoms with van der Waals surface area (Å²) in [5.41, 5.74) is 10.0. The fourth-order valence-electron chi connectivity index (χ4n) is 6.37. The number of benzene rings is 2. The molecule has 13 nitrogen and oxygen atoms in total. The van der Waals surface area contributed by atoms with Gasteiger partial charge in [0.2, 0.25) is 31.6 Å². The zero-order valence-electron chi connectivity index (χ0n) is 29.2. The van der Waals surface area contributed by atoms with Crippen LogP contribution in [0.2, 0.25) is 0 Å². The first-order chi connectivity index (χ1) is 23.3. The molecule has 0 atom stereocenters. The first-order valence-electron chi connectivity index (χ1n) is 16.2. The van der Waals surface area contributed by atoms with Crippen molar-refractivity contribution in [2.75, 3.05) is 45.2 Å². The number of hydrogen-bond donors (Lipinski definition) is 4. The van der Waals surface area contributed by atoms with Crippen LogP contribution < -0.4 is 30.5 Å². The minimum atomic E-state index is -3.88. The molecule has 0 bridgehead atoms. The molecule has 0 fully saturated rings. The van der Waals surface area contributed by atoms with Crippen molar-refractivity contribution in [2.24, 2.45) is 5.73 Å². The van der Waals surface area contributed by atoms with Gasteiger partial charge in [0.05, 0.1) is 15.2 Å². The van der Waals surface area contributed by atoms with Gasteiger partial charge in [-0.3, -0.25) is 4.79 Å². The summed E-state index contributed by atoms with van der Waals surface area (Å²) in [4.78, 5) is 24.5. The second-order valence-electron chi connectivity index (χ2n) is 13.2. The van der Waals surface area contributed by atoms with Crippen molar-refractivity contribution in [3.63, 3.8) is 0 Å². The molecule has 5 N–H and O–H groups in total. The Kier molecular flexibility index (Phi) is 11.6. The molecule has 0 radical (unpaired) electrons. The number of fused-ring (bicyclic) bond motifs is 2. The Bertz CT molecular complexity index is 2010. The number of amides is 1. The molecule has 50 heavy (non-hydrogen) atoms. The van der Waals surface area contributed by atoms with Gasteiger partial charge in [-0.05, 0) is 62.2 Å². The molecule has 2 aromatic carbocycles. The van der Waals surface area contributed by atoms with Gasteiger partial charge >= 0.3 is 0 Å². The standard InChI is InChI=1S/C35H46N6O7S2/c1-34(2)26-22-24(49(45,46)38-19-18-36)12-14-28(26)40(5)30(34)10-8-7-9-11-31-35(3,4)27-23-25(13-15-29(27)41(31)6)50(47,48)39-21-20-37-32(42)16-17-33(43)44/h7-15,22-23,38-39H,16-21,36H2,1-6H3,(H-,37,42,43,44). The van der Waals surface area contributed by atoms with Gasteiger partial charge in [0, 0.05) is 80.1 Å². The van der Waals surface area contributed by atoms with Crippen molar-refractivity contribution in [1.82, 2.24) is 14.8 Å². The normalized spacial score (nSPS) is 17.6.